The van der Waals surface area contributed by atoms with Crippen LogP contribution < -0.4 is 5.73 Å². The lowest BCUT2D eigenvalue weighted by Crippen LogP contribution is -2.45. The summed E-state index contributed by atoms with van der Waals surface area (Å²) >= 11 is 0. The molecule has 0 aromatic rings. The summed E-state index contributed by atoms with van der Waals surface area (Å²) in [5, 5.41) is 0. The van der Waals surface area contributed by atoms with Crippen molar-refractivity contribution in [2.45, 2.75) is 57.0 Å². The number of unbranched alkanes of at least 4 members (excludes halogenated alkanes) is 1. The van der Waals surface area contributed by atoms with Gasteiger partial charge >= 0.3 is 5.97 Å². The maximum Gasteiger partial charge on any atom is 0.325 e. The smallest absolute Gasteiger partial charge is 0.325 e. The predicted molar refractivity (Wildman–Crippen MR) is 68.7 cm³/mol. The van der Waals surface area contributed by atoms with Crippen LogP contribution in [0.2, 0.25) is 0 Å². The van der Waals surface area contributed by atoms with Crippen molar-refractivity contribution in [2.75, 3.05) is 20.7 Å². The van der Waals surface area contributed by atoms with Crippen LogP contribution in [0.15, 0.2) is 0 Å². The number of carbonyl (C=O) groups excluding carboxylic acids is 1. The largest absolute Gasteiger partial charge is 0.468 e. The number of nitrogens with zero attached hydrogens (tertiary/aromatic N) is 1. The van der Waals surface area contributed by atoms with Crippen molar-refractivity contribution in [1.82, 2.24) is 4.90 Å². The van der Waals surface area contributed by atoms with E-state index in [0.29, 0.717) is 6.42 Å². The van der Waals surface area contributed by atoms with Crippen molar-refractivity contribution in [2.24, 2.45) is 5.73 Å². The van der Waals surface area contributed by atoms with Crippen molar-refractivity contribution in [1.29, 1.82) is 0 Å². The Bertz CT molecular complexity index is 250. The molecule has 4 nitrogen and oxygen atoms in total. The fraction of sp³-hybridized carbons (Fsp3) is 0.923. The molecule has 0 saturated heterocycles. The van der Waals surface area contributed by atoms with Gasteiger partial charge in [0.25, 0.3) is 0 Å². The summed E-state index contributed by atoms with van der Waals surface area (Å²) in [6.07, 6.45) is 6.81. The molecule has 1 rings (SSSR count). The van der Waals surface area contributed by atoms with E-state index in [9.17, 15) is 4.79 Å². The highest BCUT2D eigenvalue weighted by Crippen LogP contribution is 2.23. The molecular formula is C13H26N2O2. The van der Waals surface area contributed by atoms with E-state index in [1.165, 1.54) is 26.4 Å². The second kappa shape index (κ2) is 6.36. The van der Waals surface area contributed by atoms with Gasteiger partial charge in [0.2, 0.25) is 0 Å². The third-order valence-corrected chi connectivity index (χ3v) is 3.81. The minimum absolute atomic E-state index is 0.315. The molecule has 1 fully saturated rings. The molecule has 0 radical (unpaired) electrons. The second-order valence-corrected chi connectivity index (χ2v) is 5.43. The Morgan fingerprint density at radius 1 is 1.47 bits per heavy atom. The monoisotopic (exact) mass is 242 g/mol. The second-order valence-electron chi connectivity index (χ2n) is 5.43. The van der Waals surface area contributed by atoms with E-state index in [4.69, 9.17) is 5.73 Å². The zero-order valence-electron chi connectivity index (χ0n) is 11.4. The summed E-state index contributed by atoms with van der Waals surface area (Å²) in [5.41, 5.74) is 5.07. The first-order valence-corrected chi connectivity index (χ1v) is 6.55. The number of ether oxygens (including phenoxy) is 1. The van der Waals surface area contributed by atoms with Gasteiger partial charge in [-0.1, -0.05) is 6.42 Å². The lowest BCUT2D eigenvalue weighted by molar-refractivity contribution is -0.146. The van der Waals surface area contributed by atoms with E-state index in [1.807, 2.05) is 0 Å². The Hall–Kier alpha value is -0.610. The molecule has 0 aromatic heterocycles. The molecular weight excluding hydrogens is 216 g/mol. The van der Waals surface area contributed by atoms with Gasteiger partial charge in [-0.3, -0.25) is 4.79 Å². The fourth-order valence-electron chi connectivity index (χ4n) is 2.20. The molecule has 0 aromatic carbocycles. The molecule has 2 N–H and O–H groups in total. The zero-order valence-corrected chi connectivity index (χ0v) is 11.4. The predicted octanol–water partition coefficient (Wildman–Crippen LogP) is 1.53. The first-order valence-electron chi connectivity index (χ1n) is 6.55. The van der Waals surface area contributed by atoms with Crippen LogP contribution in [-0.2, 0) is 9.53 Å². The Labute approximate surface area is 104 Å². The Balaban J connectivity index is 2.12. The van der Waals surface area contributed by atoms with Gasteiger partial charge < -0.3 is 15.4 Å². The molecule has 0 heterocycles. The zero-order chi connectivity index (χ0) is 12.9. The van der Waals surface area contributed by atoms with Crippen LogP contribution in [0.25, 0.3) is 0 Å². The highest BCUT2D eigenvalue weighted by Gasteiger charge is 2.28. The van der Waals surface area contributed by atoms with Crippen LogP contribution in [0.5, 0.6) is 0 Å². The highest BCUT2D eigenvalue weighted by atomic mass is 16.5. The summed E-state index contributed by atoms with van der Waals surface area (Å²) in [5.74, 6) is -0.315. The summed E-state index contributed by atoms with van der Waals surface area (Å²) in [6.45, 7) is 2.84. The van der Waals surface area contributed by atoms with Crippen molar-refractivity contribution in [3.63, 3.8) is 0 Å². The van der Waals surface area contributed by atoms with E-state index in [2.05, 4.69) is 16.7 Å². The minimum atomic E-state index is -0.830. The number of carbonyl (C=O) groups is 1. The maximum absolute atomic E-state index is 11.4. The normalized spacial score (nSPS) is 19.8. The van der Waals surface area contributed by atoms with Crippen LogP contribution in [0, 0.1) is 0 Å². The number of hydrogen-bond acceptors (Lipinski definition) is 4. The van der Waals surface area contributed by atoms with Crippen LogP contribution in [0.1, 0.15) is 45.4 Å². The van der Waals surface area contributed by atoms with E-state index in [-0.39, 0.29) is 5.97 Å². The van der Waals surface area contributed by atoms with Gasteiger partial charge in [-0.2, -0.15) is 0 Å². The maximum atomic E-state index is 11.4. The molecule has 1 atom stereocenters. The average Bonchev–Trinajstić information content (AvgIpc) is 2.20. The summed E-state index contributed by atoms with van der Waals surface area (Å²) in [7, 11) is 3.57. The number of esters is 1. The Morgan fingerprint density at radius 3 is 2.59 bits per heavy atom. The molecule has 1 saturated carbocycles. The van der Waals surface area contributed by atoms with Gasteiger partial charge in [-0.05, 0) is 52.6 Å². The quantitative estimate of drug-likeness (QED) is 0.543. The SMILES string of the molecule is COC(=O)C(C)(N)CCCCN(C)C1CCC1. The van der Waals surface area contributed by atoms with E-state index < -0.39 is 5.54 Å². The lowest BCUT2D eigenvalue weighted by Gasteiger charge is -2.34. The van der Waals surface area contributed by atoms with Gasteiger partial charge in [0, 0.05) is 6.04 Å². The first-order chi connectivity index (χ1) is 7.97. The van der Waals surface area contributed by atoms with E-state index in [1.54, 1.807) is 6.92 Å². The first kappa shape index (κ1) is 14.5. The molecule has 0 amide bonds. The topological polar surface area (TPSA) is 55.6 Å². The molecule has 1 unspecified atom stereocenters. The fourth-order valence-corrected chi connectivity index (χ4v) is 2.20. The molecule has 1 aliphatic carbocycles. The molecule has 0 aliphatic heterocycles. The Morgan fingerprint density at radius 2 is 2.12 bits per heavy atom. The molecule has 17 heavy (non-hydrogen) atoms. The van der Waals surface area contributed by atoms with E-state index >= 15 is 0 Å². The summed E-state index contributed by atoms with van der Waals surface area (Å²) in [4.78, 5) is 13.8. The summed E-state index contributed by atoms with van der Waals surface area (Å²) in [6, 6.07) is 0.792. The van der Waals surface area contributed by atoms with Crippen LogP contribution in [-0.4, -0.2) is 43.2 Å². The van der Waals surface area contributed by atoms with Gasteiger partial charge in [0.05, 0.1) is 7.11 Å². The molecule has 4 heteroatoms. The molecule has 100 valence electrons. The van der Waals surface area contributed by atoms with Crippen LogP contribution in [0.3, 0.4) is 0 Å². The highest BCUT2D eigenvalue weighted by molar-refractivity contribution is 5.79. The van der Waals surface area contributed by atoms with E-state index in [0.717, 1.165) is 25.4 Å². The van der Waals surface area contributed by atoms with Crippen molar-refractivity contribution in [3.8, 4) is 0 Å². The average molecular weight is 242 g/mol. The number of hydrogen-bond donors (Lipinski definition) is 1. The minimum Gasteiger partial charge on any atom is -0.468 e. The summed E-state index contributed by atoms with van der Waals surface area (Å²) < 4.78 is 4.68. The third kappa shape index (κ3) is 4.28. The van der Waals surface area contributed by atoms with Crippen molar-refractivity contribution in [3.05, 3.63) is 0 Å². The van der Waals surface area contributed by atoms with Crippen molar-refractivity contribution >= 4 is 5.97 Å². The molecule has 0 bridgehead atoms. The molecule has 0 spiro atoms. The number of methoxy groups -OCH3 is 1. The number of nitrogens with two attached hydrogens (primary N) is 1. The Kier molecular flexibility index (Phi) is 5.40. The lowest BCUT2D eigenvalue weighted by atomic mass is 9.91. The van der Waals surface area contributed by atoms with Gasteiger partial charge in [0.15, 0.2) is 0 Å². The standard InChI is InChI=1S/C13H26N2O2/c1-13(14,12(16)17-3)9-4-5-10-15(2)11-7-6-8-11/h11H,4-10,14H2,1-3H3. The third-order valence-electron chi connectivity index (χ3n) is 3.81. The van der Waals surface area contributed by atoms with Crippen LogP contribution in [0.4, 0.5) is 0 Å². The van der Waals surface area contributed by atoms with Gasteiger partial charge in [-0.25, -0.2) is 0 Å². The van der Waals surface area contributed by atoms with Crippen LogP contribution >= 0.6 is 0 Å². The van der Waals surface area contributed by atoms with Gasteiger partial charge in [-0.15, -0.1) is 0 Å². The van der Waals surface area contributed by atoms with Gasteiger partial charge in [0.1, 0.15) is 5.54 Å². The number of rotatable bonds is 7. The molecule has 1 aliphatic rings. The van der Waals surface area contributed by atoms with Crippen molar-refractivity contribution < 1.29 is 9.53 Å².